The molecule has 8 nitrogen and oxygen atoms in total. The molecule has 0 saturated heterocycles. The van der Waals surface area contributed by atoms with Gasteiger partial charge < -0.3 is 21.7 Å². The standard InChI is InChI=1S/C38H32N4O4/c39-35(43)33(23-26-13-3-1-4-14-26)41-36(44)31-21-11-9-19-29(31)30-20-10-12-22-32(30)37(45)42-34(24-27-15-5-2-6-16-27)38(46)40-25-28-17-7-8-18-28/h1-6,9-17,19-22,33-34H,23-25H2,(H2,39,43)(H,40,46)(H,41,44)(H,42,45). The zero-order valence-electron chi connectivity index (χ0n) is 25.0. The summed E-state index contributed by atoms with van der Waals surface area (Å²) in [5.74, 6) is -2.02. The van der Waals surface area contributed by atoms with Crippen LogP contribution in [0.15, 0.2) is 138 Å². The minimum absolute atomic E-state index is 0.218. The number of carbonyl (C=O) groups excluding carboxylic acids is 4. The van der Waals surface area contributed by atoms with Crippen molar-refractivity contribution >= 4 is 23.6 Å². The second-order valence-corrected chi connectivity index (χ2v) is 10.7. The summed E-state index contributed by atoms with van der Waals surface area (Å²) in [4.78, 5) is 53.1. The molecular weight excluding hydrogens is 576 g/mol. The summed E-state index contributed by atoms with van der Waals surface area (Å²) < 4.78 is 0. The van der Waals surface area contributed by atoms with Gasteiger partial charge in [0.2, 0.25) is 11.8 Å². The summed E-state index contributed by atoms with van der Waals surface area (Å²) >= 11 is 0. The van der Waals surface area contributed by atoms with Gasteiger partial charge in [-0.25, -0.2) is 0 Å². The fraction of sp³-hybridized carbons (Fsp3) is 0.132. The molecule has 228 valence electrons. The lowest BCUT2D eigenvalue weighted by Crippen LogP contribution is -2.48. The third kappa shape index (κ3) is 8.06. The van der Waals surface area contributed by atoms with Crippen LogP contribution < -0.4 is 21.7 Å². The minimum atomic E-state index is -0.944. The molecule has 0 fully saturated rings. The highest BCUT2D eigenvalue weighted by molar-refractivity contribution is 6.08. The van der Waals surface area contributed by atoms with Crippen molar-refractivity contribution in [3.8, 4) is 11.1 Å². The molecule has 0 saturated carbocycles. The first kappa shape index (κ1) is 31.3. The van der Waals surface area contributed by atoms with Crippen LogP contribution in [0.2, 0.25) is 0 Å². The number of amides is 4. The number of primary amides is 1. The topological polar surface area (TPSA) is 130 Å². The molecule has 46 heavy (non-hydrogen) atoms. The van der Waals surface area contributed by atoms with E-state index in [0.717, 1.165) is 16.7 Å². The zero-order valence-corrected chi connectivity index (χ0v) is 25.0. The number of hydrogen-bond acceptors (Lipinski definition) is 4. The van der Waals surface area contributed by atoms with Crippen LogP contribution >= 0.6 is 0 Å². The lowest BCUT2D eigenvalue weighted by Gasteiger charge is -2.21. The monoisotopic (exact) mass is 608 g/mol. The second kappa shape index (κ2) is 15.0. The van der Waals surface area contributed by atoms with Gasteiger partial charge in [0, 0.05) is 35.6 Å². The molecule has 1 aliphatic carbocycles. The van der Waals surface area contributed by atoms with Gasteiger partial charge in [0.15, 0.2) is 0 Å². The second-order valence-electron chi connectivity index (χ2n) is 10.7. The van der Waals surface area contributed by atoms with E-state index < -0.39 is 29.8 Å². The van der Waals surface area contributed by atoms with Crippen molar-refractivity contribution in [2.75, 3.05) is 6.54 Å². The van der Waals surface area contributed by atoms with Gasteiger partial charge in [-0.15, -0.1) is 0 Å². The summed E-state index contributed by atoms with van der Waals surface area (Å²) in [6.45, 7) is 0.218. The maximum atomic E-state index is 13.9. The largest absolute Gasteiger partial charge is 0.368 e. The van der Waals surface area contributed by atoms with Gasteiger partial charge in [0.1, 0.15) is 12.1 Å². The maximum Gasteiger partial charge on any atom is 0.252 e. The third-order valence-electron chi connectivity index (χ3n) is 7.46. The molecule has 2 unspecified atom stereocenters. The van der Waals surface area contributed by atoms with E-state index in [4.69, 9.17) is 5.73 Å². The van der Waals surface area contributed by atoms with Crippen molar-refractivity contribution < 1.29 is 19.2 Å². The van der Waals surface area contributed by atoms with Crippen LogP contribution in [0.3, 0.4) is 0 Å². The highest BCUT2D eigenvalue weighted by Gasteiger charge is 2.26. The number of nitrogens with two attached hydrogens (primary N) is 1. The quantitative estimate of drug-likeness (QED) is 0.171. The van der Waals surface area contributed by atoms with Gasteiger partial charge in [-0.3, -0.25) is 19.2 Å². The van der Waals surface area contributed by atoms with E-state index in [0.29, 0.717) is 11.1 Å². The molecule has 1 aliphatic rings. The maximum absolute atomic E-state index is 13.9. The molecular formula is C38H32N4O4. The Morgan fingerprint density at radius 2 is 1.11 bits per heavy atom. The minimum Gasteiger partial charge on any atom is -0.368 e. The Labute approximate surface area is 267 Å². The van der Waals surface area contributed by atoms with Crippen molar-refractivity contribution in [3.05, 3.63) is 160 Å². The zero-order chi connectivity index (χ0) is 32.3. The van der Waals surface area contributed by atoms with Crippen LogP contribution in [0.1, 0.15) is 31.8 Å². The fourth-order valence-electron chi connectivity index (χ4n) is 5.11. The van der Waals surface area contributed by atoms with E-state index >= 15 is 0 Å². The van der Waals surface area contributed by atoms with Crippen LogP contribution in [0.4, 0.5) is 0 Å². The van der Waals surface area contributed by atoms with Gasteiger partial charge >= 0.3 is 0 Å². The molecule has 5 N–H and O–H groups in total. The SMILES string of the molecule is NC(=O)C(Cc1ccccc1)NC(=O)c1ccccc1-c1ccccc1C(=O)NC(Cc1ccccc1)C(=O)NCC1=C=C=C=C1. The van der Waals surface area contributed by atoms with Crippen molar-refractivity contribution in [3.63, 3.8) is 0 Å². The van der Waals surface area contributed by atoms with Gasteiger partial charge in [0.05, 0.1) is 6.54 Å². The molecule has 0 bridgehead atoms. The molecule has 0 spiro atoms. The normalized spacial score (nSPS) is 12.6. The van der Waals surface area contributed by atoms with E-state index in [1.165, 1.54) is 0 Å². The lowest BCUT2D eigenvalue weighted by atomic mass is 9.94. The van der Waals surface area contributed by atoms with Crippen LogP contribution in [-0.4, -0.2) is 42.3 Å². The van der Waals surface area contributed by atoms with E-state index in [1.54, 1.807) is 54.6 Å². The van der Waals surface area contributed by atoms with Crippen molar-refractivity contribution in [2.45, 2.75) is 24.9 Å². The Kier molecular flexibility index (Phi) is 10.2. The first-order valence-corrected chi connectivity index (χ1v) is 14.8. The molecule has 4 aromatic carbocycles. The van der Waals surface area contributed by atoms with Crippen LogP contribution in [-0.2, 0) is 22.4 Å². The molecule has 4 amide bonds. The first-order chi connectivity index (χ1) is 22.4. The van der Waals surface area contributed by atoms with Crippen molar-refractivity contribution in [1.29, 1.82) is 0 Å². The molecule has 8 heteroatoms. The summed E-state index contributed by atoms with van der Waals surface area (Å²) in [5, 5.41) is 8.53. The third-order valence-corrected chi connectivity index (χ3v) is 7.46. The number of rotatable bonds is 13. The average molecular weight is 609 g/mol. The van der Waals surface area contributed by atoms with Gasteiger partial charge in [-0.1, -0.05) is 109 Å². The number of carbonyl (C=O) groups is 4. The van der Waals surface area contributed by atoms with Gasteiger partial charge in [0.25, 0.3) is 11.8 Å². The summed E-state index contributed by atoms with van der Waals surface area (Å²) in [6.07, 6.45) is 2.18. The number of hydrogen-bond donors (Lipinski definition) is 4. The molecule has 4 aromatic rings. The smallest absolute Gasteiger partial charge is 0.252 e. The average Bonchev–Trinajstić information content (AvgIpc) is 3.61. The van der Waals surface area contributed by atoms with Gasteiger partial charge in [-0.2, -0.15) is 0 Å². The molecule has 0 aromatic heterocycles. The Hall–Kier alpha value is -6.16. The Balaban J connectivity index is 1.39. The van der Waals surface area contributed by atoms with Crippen LogP contribution in [0.5, 0.6) is 0 Å². The molecule has 5 rings (SSSR count). The Bertz CT molecular complexity index is 1900. The Morgan fingerprint density at radius 3 is 1.61 bits per heavy atom. The van der Waals surface area contributed by atoms with Gasteiger partial charge in [-0.05, 0) is 40.1 Å². The first-order valence-electron chi connectivity index (χ1n) is 14.8. The van der Waals surface area contributed by atoms with E-state index in [2.05, 4.69) is 33.1 Å². The predicted octanol–water partition coefficient (Wildman–Crippen LogP) is 4.04. The van der Waals surface area contributed by atoms with Crippen LogP contribution in [0, 0.1) is 0 Å². The summed E-state index contributed by atoms with van der Waals surface area (Å²) in [5.41, 5.74) is 18.0. The summed E-state index contributed by atoms with van der Waals surface area (Å²) in [7, 11) is 0. The number of benzene rings is 4. The summed E-state index contributed by atoms with van der Waals surface area (Å²) in [6, 6.07) is 30.5. The fourth-order valence-corrected chi connectivity index (χ4v) is 5.11. The molecule has 0 radical (unpaired) electrons. The molecule has 0 aliphatic heterocycles. The highest BCUT2D eigenvalue weighted by Crippen LogP contribution is 2.28. The van der Waals surface area contributed by atoms with E-state index in [1.807, 2.05) is 60.7 Å². The number of nitrogens with one attached hydrogen (secondary N) is 3. The predicted molar refractivity (Wildman–Crippen MR) is 176 cm³/mol. The van der Waals surface area contributed by atoms with Crippen molar-refractivity contribution in [2.24, 2.45) is 5.73 Å². The highest BCUT2D eigenvalue weighted by atomic mass is 16.2. The molecule has 0 heterocycles. The lowest BCUT2D eigenvalue weighted by molar-refractivity contribution is -0.122. The van der Waals surface area contributed by atoms with E-state index in [9.17, 15) is 19.2 Å². The molecule has 2 atom stereocenters. The Morgan fingerprint density at radius 1 is 0.630 bits per heavy atom. The van der Waals surface area contributed by atoms with Crippen molar-refractivity contribution in [1.82, 2.24) is 16.0 Å². The van der Waals surface area contributed by atoms with Crippen LogP contribution in [0.25, 0.3) is 11.1 Å². The van der Waals surface area contributed by atoms with E-state index in [-0.39, 0.29) is 36.4 Å².